The van der Waals surface area contributed by atoms with E-state index in [1.54, 1.807) is 0 Å². The number of nitrogens with one attached hydrogen (secondary N) is 1. The van der Waals surface area contributed by atoms with E-state index in [2.05, 4.69) is 67.1 Å². The number of rotatable bonds is 2. The molecule has 0 saturated carbocycles. The van der Waals surface area contributed by atoms with E-state index in [-0.39, 0.29) is 5.60 Å². The van der Waals surface area contributed by atoms with Crippen LogP contribution in [0.15, 0.2) is 27.1 Å². The van der Waals surface area contributed by atoms with Crippen molar-refractivity contribution in [3.05, 3.63) is 27.1 Å². The van der Waals surface area contributed by atoms with Crippen LogP contribution < -0.4 is 5.32 Å². The monoisotopic (exact) mass is 419 g/mol. The molecule has 0 aromatic heterocycles. The Kier molecular flexibility index (Phi) is 5.01. The fourth-order valence-corrected chi connectivity index (χ4v) is 5.03. The summed E-state index contributed by atoms with van der Waals surface area (Å²) in [7, 11) is 0. The molecule has 0 amide bonds. The topological polar surface area (TPSA) is 21.3 Å². The van der Waals surface area contributed by atoms with Crippen LogP contribution in [0.4, 0.5) is 5.69 Å². The molecule has 0 bridgehead atoms. The molecule has 1 atom stereocenters. The van der Waals surface area contributed by atoms with Crippen molar-refractivity contribution in [3.63, 3.8) is 0 Å². The van der Waals surface area contributed by atoms with Gasteiger partial charge in [0.05, 0.1) is 5.60 Å². The molecule has 0 radical (unpaired) electrons. The Labute approximate surface area is 141 Å². The van der Waals surface area contributed by atoms with Crippen LogP contribution in [0.25, 0.3) is 0 Å². The lowest BCUT2D eigenvalue weighted by Gasteiger charge is -2.43. The van der Waals surface area contributed by atoms with Gasteiger partial charge in [0, 0.05) is 27.3 Å². The normalized spacial score (nSPS) is 25.6. The van der Waals surface area contributed by atoms with Crippen LogP contribution in [0.1, 0.15) is 25.7 Å². The second kappa shape index (κ2) is 6.59. The summed E-state index contributed by atoms with van der Waals surface area (Å²) in [5.41, 5.74) is 1.31. The maximum Gasteiger partial charge on any atom is 0.0717 e. The average molecular weight is 421 g/mol. The van der Waals surface area contributed by atoms with Crippen LogP contribution in [0.5, 0.6) is 0 Å². The van der Waals surface area contributed by atoms with Crippen molar-refractivity contribution >= 4 is 49.3 Å². The second-order valence-corrected chi connectivity index (χ2v) is 8.60. The van der Waals surface area contributed by atoms with Gasteiger partial charge in [-0.05, 0) is 71.3 Å². The molecule has 0 aliphatic carbocycles. The van der Waals surface area contributed by atoms with E-state index in [4.69, 9.17) is 4.74 Å². The molecule has 1 spiro atoms. The molecule has 2 heterocycles. The van der Waals surface area contributed by atoms with E-state index in [9.17, 15) is 0 Å². The first-order valence-electron chi connectivity index (χ1n) is 7.10. The molecule has 2 fully saturated rings. The van der Waals surface area contributed by atoms with E-state index in [0.29, 0.717) is 6.04 Å². The summed E-state index contributed by atoms with van der Waals surface area (Å²) in [6, 6.07) is 6.79. The molecule has 2 aliphatic heterocycles. The molecule has 5 heteroatoms. The summed E-state index contributed by atoms with van der Waals surface area (Å²) in [4.78, 5) is 0. The minimum absolute atomic E-state index is 0.139. The first-order chi connectivity index (χ1) is 9.67. The number of anilines is 1. The molecule has 1 aromatic rings. The van der Waals surface area contributed by atoms with Crippen LogP contribution in [0.2, 0.25) is 0 Å². The Hall–Kier alpha value is 0.290. The van der Waals surface area contributed by atoms with Crippen LogP contribution in [-0.2, 0) is 4.74 Å². The molecule has 2 saturated heterocycles. The van der Waals surface area contributed by atoms with Gasteiger partial charge in [0.2, 0.25) is 0 Å². The molecule has 1 unspecified atom stereocenters. The zero-order valence-corrected chi connectivity index (χ0v) is 15.3. The third-order valence-corrected chi connectivity index (χ3v) is 6.36. The van der Waals surface area contributed by atoms with Crippen LogP contribution >= 0.6 is 43.6 Å². The fraction of sp³-hybridized carbons (Fsp3) is 0.600. The summed E-state index contributed by atoms with van der Waals surface area (Å²) in [6.45, 7) is 0.883. The lowest BCUT2D eigenvalue weighted by molar-refractivity contribution is -0.0865. The maximum atomic E-state index is 6.15. The molecule has 1 N–H and O–H groups in total. The highest BCUT2D eigenvalue weighted by atomic mass is 79.9. The zero-order chi connectivity index (χ0) is 14.0. The molecular weight excluding hydrogens is 402 g/mol. The minimum atomic E-state index is 0.139. The molecular formula is C15H19Br2NOS. The van der Waals surface area contributed by atoms with Gasteiger partial charge in [0.25, 0.3) is 0 Å². The van der Waals surface area contributed by atoms with Gasteiger partial charge in [0.1, 0.15) is 0 Å². The number of hydrogen-bond acceptors (Lipinski definition) is 3. The number of benzene rings is 1. The van der Waals surface area contributed by atoms with E-state index in [1.807, 2.05) is 0 Å². The molecule has 2 aliphatic rings. The lowest BCUT2D eigenvalue weighted by Crippen LogP contribution is -2.46. The minimum Gasteiger partial charge on any atom is -0.381 e. The highest BCUT2D eigenvalue weighted by Crippen LogP contribution is 2.39. The Bertz CT molecular complexity index is 471. The summed E-state index contributed by atoms with van der Waals surface area (Å²) in [5, 5.41) is 3.70. The highest BCUT2D eigenvalue weighted by molar-refractivity contribution is 9.11. The van der Waals surface area contributed by atoms with Crippen LogP contribution in [-0.4, -0.2) is 29.8 Å². The van der Waals surface area contributed by atoms with Crippen molar-refractivity contribution in [1.29, 1.82) is 0 Å². The van der Waals surface area contributed by atoms with Crippen molar-refractivity contribution in [1.82, 2.24) is 0 Å². The van der Waals surface area contributed by atoms with Gasteiger partial charge in [-0.25, -0.2) is 0 Å². The summed E-state index contributed by atoms with van der Waals surface area (Å²) < 4.78 is 8.39. The largest absolute Gasteiger partial charge is 0.381 e. The third-order valence-electron chi connectivity index (χ3n) is 4.19. The van der Waals surface area contributed by atoms with Gasteiger partial charge in [-0.3, -0.25) is 0 Å². The predicted molar refractivity (Wildman–Crippen MR) is 93.7 cm³/mol. The molecule has 2 nitrogen and oxygen atoms in total. The second-order valence-electron chi connectivity index (χ2n) is 5.60. The maximum absolute atomic E-state index is 6.15. The molecule has 3 rings (SSSR count). The number of halogens is 2. The number of hydrogen-bond donors (Lipinski definition) is 1. The van der Waals surface area contributed by atoms with E-state index >= 15 is 0 Å². The fourth-order valence-electron chi connectivity index (χ4n) is 3.07. The first kappa shape index (κ1) is 15.2. The molecule has 110 valence electrons. The first-order valence-corrected chi connectivity index (χ1v) is 9.84. The SMILES string of the molecule is Brc1ccc(Br)c(NC2CCOC3(CCSCC3)C2)c1. The predicted octanol–water partition coefficient (Wildman–Crippen LogP) is 5.07. The van der Waals surface area contributed by atoms with Gasteiger partial charge in [0.15, 0.2) is 0 Å². The lowest BCUT2D eigenvalue weighted by atomic mass is 9.85. The van der Waals surface area contributed by atoms with Crippen molar-refractivity contribution in [2.45, 2.75) is 37.3 Å². The van der Waals surface area contributed by atoms with E-state index < -0.39 is 0 Å². The van der Waals surface area contributed by atoms with Gasteiger partial charge in [-0.15, -0.1) is 0 Å². The van der Waals surface area contributed by atoms with Crippen molar-refractivity contribution in [2.75, 3.05) is 23.4 Å². The van der Waals surface area contributed by atoms with E-state index in [1.165, 1.54) is 30.0 Å². The summed E-state index contributed by atoms with van der Waals surface area (Å²) in [5.74, 6) is 2.49. The van der Waals surface area contributed by atoms with Crippen LogP contribution in [0, 0.1) is 0 Å². The summed E-state index contributed by atoms with van der Waals surface area (Å²) >= 11 is 9.23. The van der Waals surface area contributed by atoms with Crippen molar-refractivity contribution in [3.8, 4) is 0 Å². The van der Waals surface area contributed by atoms with Gasteiger partial charge in [-0.2, -0.15) is 11.8 Å². The smallest absolute Gasteiger partial charge is 0.0717 e. The number of thioether (sulfide) groups is 1. The van der Waals surface area contributed by atoms with Gasteiger partial charge < -0.3 is 10.1 Å². The molecule has 1 aromatic carbocycles. The van der Waals surface area contributed by atoms with Crippen LogP contribution in [0.3, 0.4) is 0 Å². The van der Waals surface area contributed by atoms with Gasteiger partial charge >= 0.3 is 0 Å². The van der Waals surface area contributed by atoms with E-state index in [0.717, 1.165) is 28.4 Å². The Morgan fingerprint density at radius 2 is 2.05 bits per heavy atom. The third kappa shape index (κ3) is 3.54. The van der Waals surface area contributed by atoms with Crippen molar-refractivity contribution in [2.24, 2.45) is 0 Å². The average Bonchev–Trinajstić information content (AvgIpc) is 2.44. The highest BCUT2D eigenvalue weighted by Gasteiger charge is 2.38. The van der Waals surface area contributed by atoms with Crippen molar-refractivity contribution < 1.29 is 4.74 Å². The quantitative estimate of drug-likeness (QED) is 0.721. The standard InChI is InChI=1S/C15H19Br2NOS/c16-11-1-2-13(17)14(9-11)18-12-3-6-19-15(10-12)4-7-20-8-5-15/h1-2,9,12,18H,3-8,10H2. The van der Waals surface area contributed by atoms with Gasteiger partial charge in [-0.1, -0.05) is 15.9 Å². The Morgan fingerprint density at radius 3 is 2.85 bits per heavy atom. The number of ether oxygens (including phenoxy) is 1. The Balaban J connectivity index is 1.69. The zero-order valence-electron chi connectivity index (χ0n) is 11.3. The molecule has 20 heavy (non-hydrogen) atoms. The Morgan fingerprint density at radius 1 is 1.25 bits per heavy atom. The summed E-state index contributed by atoms with van der Waals surface area (Å²) in [6.07, 6.45) is 4.63.